The fraction of sp³-hybridized carbons (Fsp3) is 0.588. The minimum Gasteiger partial charge on any atom is -0.349 e. The van der Waals surface area contributed by atoms with Gasteiger partial charge in [-0.2, -0.15) is 0 Å². The molecule has 1 saturated heterocycles. The Morgan fingerprint density at radius 3 is 2.78 bits per heavy atom. The molecule has 0 spiro atoms. The summed E-state index contributed by atoms with van der Waals surface area (Å²) in [5.74, 6) is -0.00751. The number of aryl methyl sites for hydroxylation is 1. The van der Waals surface area contributed by atoms with Crippen molar-refractivity contribution >= 4 is 16.9 Å². The van der Waals surface area contributed by atoms with E-state index in [9.17, 15) is 4.79 Å². The number of fused-ring (bicyclic) bond motifs is 1. The normalized spacial score (nSPS) is 16.8. The average molecular weight is 315 g/mol. The molecule has 1 aromatic heterocycles. The van der Waals surface area contributed by atoms with E-state index in [1.165, 1.54) is 6.42 Å². The molecule has 1 N–H and O–H groups in total. The molecule has 1 fully saturated rings. The summed E-state index contributed by atoms with van der Waals surface area (Å²) in [6.07, 6.45) is 3.25. The first-order valence-corrected chi connectivity index (χ1v) is 8.57. The van der Waals surface area contributed by atoms with Gasteiger partial charge in [0.15, 0.2) is 0 Å². The number of carbonyl (C=O) groups is 1. The van der Waals surface area contributed by atoms with Crippen molar-refractivity contribution in [3.63, 3.8) is 0 Å². The number of nitrogens with one attached hydrogen (secondary N) is 1. The van der Waals surface area contributed by atoms with Gasteiger partial charge < -0.3 is 10.2 Å². The molecule has 0 bridgehead atoms. The zero-order valence-electron chi connectivity index (χ0n) is 14.0. The summed E-state index contributed by atoms with van der Waals surface area (Å²) < 4.78 is 1.83. The summed E-state index contributed by atoms with van der Waals surface area (Å²) in [7, 11) is 0. The van der Waals surface area contributed by atoms with E-state index in [4.69, 9.17) is 0 Å². The third-order valence-electron chi connectivity index (χ3n) is 4.54. The summed E-state index contributed by atoms with van der Waals surface area (Å²) >= 11 is 0. The Labute approximate surface area is 136 Å². The van der Waals surface area contributed by atoms with Crippen LogP contribution in [0, 0.1) is 0 Å². The summed E-state index contributed by atoms with van der Waals surface area (Å²) in [5.41, 5.74) is 2.41. The maximum atomic E-state index is 12.5. The van der Waals surface area contributed by atoms with Gasteiger partial charge in [0.25, 0.3) is 5.91 Å². The molecule has 0 radical (unpaired) electrons. The van der Waals surface area contributed by atoms with Gasteiger partial charge in [-0.05, 0) is 50.9 Å². The molecular formula is C17H25N5O. The van der Waals surface area contributed by atoms with Crippen molar-refractivity contribution in [2.45, 2.75) is 45.7 Å². The van der Waals surface area contributed by atoms with Crippen LogP contribution in [-0.2, 0) is 6.54 Å². The van der Waals surface area contributed by atoms with Crippen LogP contribution in [0.15, 0.2) is 18.2 Å². The summed E-state index contributed by atoms with van der Waals surface area (Å²) in [6, 6.07) is 5.89. The van der Waals surface area contributed by atoms with Crippen LogP contribution in [0.5, 0.6) is 0 Å². The number of likely N-dealkylation sites (tertiary alicyclic amines) is 1. The second kappa shape index (κ2) is 7.08. The minimum atomic E-state index is -0.00751. The molecule has 0 atom stereocenters. The van der Waals surface area contributed by atoms with Crippen LogP contribution in [0.1, 0.15) is 43.5 Å². The first kappa shape index (κ1) is 15.9. The van der Waals surface area contributed by atoms with Gasteiger partial charge in [-0.15, -0.1) is 5.10 Å². The smallest absolute Gasteiger partial charge is 0.251 e. The third-order valence-corrected chi connectivity index (χ3v) is 4.54. The first-order valence-electron chi connectivity index (χ1n) is 8.57. The fourth-order valence-electron chi connectivity index (χ4n) is 3.23. The van der Waals surface area contributed by atoms with E-state index in [1.807, 2.05) is 29.8 Å². The minimum absolute atomic E-state index is 0.00751. The lowest BCUT2D eigenvalue weighted by molar-refractivity contribution is 0.0911. The van der Waals surface area contributed by atoms with Crippen molar-refractivity contribution in [2.75, 3.05) is 19.6 Å². The van der Waals surface area contributed by atoms with Crippen molar-refractivity contribution in [3.8, 4) is 0 Å². The predicted octanol–water partition coefficient (Wildman–Crippen LogP) is 2.06. The molecule has 1 aromatic carbocycles. The highest BCUT2D eigenvalue weighted by Crippen LogP contribution is 2.15. The Hall–Kier alpha value is -1.95. The predicted molar refractivity (Wildman–Crippen MR) is 90.4 cm³/mol. The number of benzene rings is 1. The largest absolute Gasteiger partial charge is 0.349 e. The zero-order valence-corrected chi connectivity index (χ0v) is 14.0. The molecule has 0 aliphatic carbocycles. The van der Waals surface area contributed by atoms with Crippen LogP contribution in [0.4, 0.5) is 0 Å². The molecule has 6 heteroatoms. The molecule has 1 aliphatic rings. The molecule has 6 nitrogen and oxygen atoms in total. The van der Waals surface area contributed by atoms with Gasteiger partial charge in [0.1, 0.15) is 5.52 Å². The number of amides is 1. The van der Waals surface area contributed by atoms with Crippen LogP contribution in [0.2, 0.25) is 0 Å². The van der Waals surface area contributed by atoms with Gasteiger partial charge in [0.05, 0.1) is 5.52 Å². The molecule has 0 saturated carbocycles. The summed E-state index contributed by atoms with van der Waals surface area (Å²) in [4.78, 5) is 14.9. The Morgan fingerprint density at radius 1 is 1.30 bits per heavy atom. The van der Waals surface area contributed by atoms with Crippen molar-refractivity contribution in [2.24, 2.45) is 0 Å². The topological polar surface area (TPSA) is 63.1 Å². The SMILES string of the molecule is CCCN1CCC(NC(=O)c2ccc3c(c2)nnn3CC)CC1. The number of hydrogen-bond donors (Lipinski definition) is 1. The molecule has 3 rings (SSSR count). The number of nitrogens with zero attached hydrogens (tertiary/aromatic N) is 4. The Bertz CT molecular complexity index is 673. The summed E-state index contributed by atoms with van der Waals surface area (Å²) in [6.45, 7) is 8.31. The van der Waals surface area contributed by atoms with E-state index in [1.54, 1.807) is 0 Å². The van der Waals surface area contributed by atoms with Gasteiger partial charge in [-0.3, -0.25) is 4.79 Å². The van der Waals surface area contributed by atoms with E-state index in [-0.39, 0.29) is 11.9 Å². The number of aromatic nitrogens is 3. The molecule has 0 unspecified atom stereocenters. The Kier molecular flexibility index (Phi) is 4.91. The van der Waals surface area contributed by atoms with Crippen LogP contribution in [-0.4, -0.2) is 51.5 Å². The van der Waals surface area contributed by atoms with E-state index < -0.39 is 0 Å². The van der Waals surface area contributed by atoms with Crippen LogP contribution < -0.4 is 5.32 Å². The second-order valence-electron chi connectivity index (χ2n) is 6.20. The number of piperidine rings is 1. The van der Waals surface area contributed by atoms with E-state index in [0.717, 1.165) is 50.1 Å². The van der Waals surface area contributed by atoms with Gasteiger partial charge in [-0.1, -0.05) is 12.1 Å². The van der Waals surface area contributed by atoms with Crippen molar-refractivity contribution in [1.29, 1.82) is 0 Å². The number of hydrogen-bond acceptors (Lipinski definition) is 4. The highest BCUT2D eigenvalue weighted by atomic mass is 16.1. The summed E-state index contributed by atoms with van der Waals surface area (Å²) in [5, 5.41) is 11.4. The monoisotopic (exact) mass is 315 g/mol. The number of carbonyl (C=O) groups excluding carboxylic acids is 1. The highest BCUT2D eigenvalue weighted by molar-refractivity contribution is 5.97. The fourth-order valence-corrected chi connectivity index (χ4v) is 3.23. The van der Waals surface area contributed by atoms with E-state index >= 15 is 0 Å². The molecule has 1 aliphatic heterocycles. The quantitative estimate of drug-likeness (QED) is 0.917. The highest BCUT2D eigenvalue weighted by Gasteiger charge is 2.21. The van der Waals surface area contributed by atoms with Gasteiger partial charge in [0.2, 0.25) is 0 Å². The lowest BCUT2D eigenvalue weighted by Crippen LogP contribution is -2.44. The maximum Gasteiger partial charge on any atom is 0.251 e. The van der Waals surface area contributed by atoms with Gasteiger partial charge >= 0.3 is 0 Å². The Balaban J connectivity index is 1.62. The van der Waals surface area contributed by atoms with Crippen molar-refractivity contribution in [1.82, 2.24) is 25.2 Å². The van der Waals surface area contributed by atoms with Crippen LogP contribution in [0.25, 0.3) is 11.0 Å². The maximum absolute atomic E-state index is 12.5. The van der Waals surface area contributed by atoms with E-state index in [0.29, 0.717) is 5.56 Å². The molecule has 1 amide bonds. The Morgan fingerprint density at radius 2 is 2.09 bits per heavy atom. The molecule has 2 aromatic rings. The zero-order chi connectivity index (χ0) is 16.2. The molecular weight excluding hydrogens is 290 g/mol. The van der Waals surface area contributed by atoms with Crippen LogP contribution >= 0.6 is 0 Å². The lowest BCUT2D eigenvalue weighted by Gasteiger charge is -2.32. The molecule has 124 valence electrons. The van der Waals surface area contributed by atoms with E-state index in [2.05, 4.69) is 27.5 Å². The van der Waals surface area contributed by atoms with Crippen molar-refractivity contribution < 1.29 is 4.79 Å². The second-order valence-corrected chi connectivity index (χ2v) is 6.20. The lowest BCUT2D eigenvalue weighted by atomic mass is 10.0. The number of rotatable bonds is 5. The van der Waals surface area contributed by atoms with Crippen LogP contribution in [0.3, 0.4) is 0 Å². The third kappa shape index (κ3) is 3.52. The average Bonchev–Trinajstić information content (AvgIpc) is 2.99. The molecule has 2 heterocycles. The first-order chi connectivity index (χ1) is 11.2. The van der Waals surface area contributed by atoms with Gasteiger partial charge in [-0.25, -0.2) is 4.68 Å². The molecule has 23 heavy (non-hydrogen) atoms. The standard InChI is InChI=1S/C17H25N5O/c1-3-9-21-10-7-14(8-11-21)18-17(23)13-5-6-16-15(12-13)19-20-22(16)4-2/h5-6,12,14H,3-4,7-11H2,1-2H3,(H,18,23). The van der Waals surface area contributed by atoms with Gasteiger partial charge in [0, 0.05) is 31.2 Å². The van der Waals surface area contributed by atoms with Crippen molar-refractivity contribution in [3.05, 3.63) is 23.8 Å².